The van der Waals surface area contributed by atoms with E-state index in [2.05, 4.69) is 87.1 Å². The number of ether oxygens (including phenoxy) is 1. The van der Waals surface area contributed by atoms with Crippen LogP contribution in [0.2, 0.25) is 0 Å². The molecule has 2 fully saturated rings. The van der Waals surface area contributed by atoms with Crippen LogP contribution in [0.4, 0.5) is 5.69 Å². The normalized spacial score (nSPS) is 19.7. The first kappa shape index (κ1) is 44.9. The summed E-state index contributed by atoms with van der Waals surface area (Å²) in [5, 5.41) is 25.5. The molecule has 0 saturated heterocycles. The van der Waals surface area contributed by atoms with E-state index >= 15 is 0 Å². The number of aliphatic hydroxyl groups is 1. The van der Waals surface area contributed by atoms with Gasteiger partial charge in [-0.15, -0.1) is 0 Å². The Labute approximate surface area is 322 Å². The number of carbonyl (C=O) groups is 3. The van der Waals surface area contributed by atoms with Crippen LogP contribution in [0, 0.1) is 16.7 Å². The Morgan fingerprint density at radius 3 is 1.94 bits per heavy atom. The van der Waals surface area contributed by atoms with Crippen molar-refractivity contribution in [2.75, 3.05) is 18.5 Å². The molecular weight excluding hydrogens is 665 g/mol. The van der Waals surface area contributed by atoms with Crippen molar-refractivity contribution in [3.63, 3.8) is 0 Å². The number of anilines is 1. The van der Waals surface area contributed by atoms with Crippen LogP contribution in [-0.2, 0) is 24.5 Å². The molecule has 2 unspecified atom stereocenters. The molecule has 302 valence electrons. The van der Waals surface area contributed by atoms with Gasteiger partial charge in [-0.1, -0.05) is 107 Å². The Hall–Kier alpha value is -2.49. The molecule has 9 heteroatoms. The minimum atomic E-state index is -0.773. The predicted molar refractivity (Wildman–Crippen MR) is 217 cm³/mol. The fraction of sp³-hybridized carbons (Fsp3) is 0.795. The number of amides is 2. The van der Waals surface area contributed by atoms with E-state index in [0.717, 1.165) is 63.5 Å². The molecule has 2 aliphatic rings. The van der Waals surface area contributed by atoms with Crippen molar-refractivity contribution >= 4 is 23.3 Å². The van der Waals surface area contributed by atoms with E-state index < -0.39 is 34.7 Å². The van der Waals surface area contributed by atoms with E-state index in [1.54, 1.807) is 6.92 Å². The lowest BCUT2D eigenvalue weighted by molar-refractivity contribution is -0.133. The summed E-state index contributed by atoms with van der Waals surface area (Å²) in [6, 6.07) is 7.10. The maximum Gasteiger partial charge on any atom is 0.237 e. The van der Waals surface area contributed by atoms with Crippen molar-refractivity contribution in [1.29, 1.82) is 0 Å². The molecule has 1 aromatic rings. The molecule has 5 N–H and O–H groups in total. The van der Waals surface area contributed by atoms with Gasteiger partial charge in [0, 0.05) is 29.6 Å². The summed E-state index contributed by atoms with van der Waals surface area (Å²) < 4.78 is 6.27. The van der Waals surface area contributed by atoms with Gasteiger partial charge in [-0.3, -0.25) is 19.7 Å². The molecule has 4 atom stereocenters. The first-order valence-electron chi connectivity index (χ1n) is 20.6. The van der Waals surface area contributed by atoms with Gasteiger partial charge in [0.15, 0.2) is 5.78 Å². The predicted octanol–water partition coefficient (Wildman–Crippen LogP) is 7.83. The van der Waals surface area contributed by atoms with Gasteiger partial charge in [0.05, 0.1) is 36.4 Å². The monoisotopic (exact) mass is 741 g/mol. The van der Waals surface area contributed by atoms with Crippen LogP contribution < -0.4 is 21.3 Å². The van der Waals surface area contributed by atoms with Crippen molar-refractivity contribution in [2.24, 2.45) is 16.7 Å². The second-order valence-corrected chi connectivity index (χ2v) is 19.8. The largest absolute Gasteiger partial charge is 0.391 e. The zero-order chi connectivity index (χ0) is 39.8. The fourth-order valence-electron chi connectivity index (χ4n) is 8.13. The highest BCUT2D eigenvalue weighted by atomic mass is 16.5. The van der Waals surface area contributed by atoms with Crippen LogP contribution in [-0.4, -0.2) is 71.2 Å². The highest BCUT2D eigenvalue weighted by molar-refractivity contribution is 5.98. The number of benzene rings is 1. The fourth-order valence-corrected chi connectivity index (χ4v) is 8.13. The van der Waals surface area contributed by atoms with Crippen LogP contribution in [0.3, 0.4) is 0 Å². The lowest BCUT2D eigenvalue weighted by Crippen LogP contribution is -2.65. The van der Waals surface area contributed by atoms with Gasteiger partial charge in [-0.2, -0.15) is 0 Å². The number of carbonyl (C=O) groups excluding carboxylic acids is 3. The van der Waals surface area contributed by atoms with Gasteiger partial charge in [-0.25, -0.2) is 0 Å². The molecule has 0 aliphatic heterocycles. The Balaban J connectivity index is 1.64. The van der Waals surface area contributed by atoms with E-state index in [1.165, 1.54) is 5.56 Å². The second kappa shape index (κ2) is 18.4. The van der Waals surface area contributed by atoms with Gasteiger partial charge in [0.1, 0.15) is 0 Å². The zero-order valence-electron chi connectivity index (χ0n) is 35.5. The molecule has 0 radical (unpaired) electrons. The standard InChI is InChI=1S/C44H76N4O5/c1-30(2)36(38(51)46-32(4)37(50)43(23-13-14-24-43)47-34-19-17-33(18-20-34)41(8,9)10)48-44(25-15-16-26-44)39(52)42(11,12)29-53-31(3)22-28-45-35(49)21-27-40(5,6)7/h17-20,30-32,36,39,47-48,52H,13-16,21-29H2,1-12H3,(H,45,49)(H,46,51)/t31?,32-,36-,39?/m0/s1. The van der Waals surface area contributed by atoms with Crippen LogP contribution in [0.15, 0.2) is 24.3 Å². The molecule has 53 heavy (non-hydrogen) atoms. The third-order valence-corrected chi connectivity index (χ3v) is 11.7. The Morgan fingerprint density at radius 1 is 0.849 bits per heavy atom. The number of aliphatic hydroxyl groups excluding tert-OH is 1. The summed E-state index contributed by atoms with van der Waals surface area (Å²) in [5.41, 5.74) is 0.337. The molecule has 0 spiro atoms. The topological polar surface area (TPSA) is 129 Å². The highest BCUT2D eigenvalue weighted by Gasteiger charge is 2.50. The van der Waals surface area contributed by atoms with Crippen LogP contribution >= 0.6 is 0 Å². The van der Waals surface area contributed by atoms with Gasteiger partial charge in [-0.05, 0) is 86.8 Å². The minimum absolute atomic E-state index is 0.0123. The van der Waals surface area contributed by atoms with Gasteiger partial charge in [0.2, 0.25) is 11.8 Å². The molecule has 2 aliphatic carbocycles. The number of rotatable bonds is 19. The Bertz CT molecular complexity index is 1330. The van der Waals surface area contributed by atoms with Crippen molar-refractivity contribution in [2.45, 2.75) is 194 Å². The van der Waals surface area contributed by atoms with Gasteiger partial charge < -0.3 is 25.8 Å². The molecule has 9 nitrogen and oxygen atoms in total. The highest BCUT2D eigenvalue weighted by Crippen LogP contribution is 2.41. The van der Waals surface area contributed by atoms with Crippen molar-refractivity contribution in [3.05, 3.63) is 29.8 Å². The third-order valence-electron chi connectivity index (χ3n) is 11.7. The minimum Gasteiger partial charge on any atom is -0.391 e. The van der Waals surface area contributed by atoms with E-state index in [0.29, 0.717) is 26.0 Å². The number of hydrogen-bond acceptors (Lipinski definition) is 7. The summed E-state index contributed by atoms with van der Waals surface area (Å²) in [4.78, 5) is 40.5. The van der Waals surface area contributed by atoms with Crippen molar-refractivity contribution in [1.82, 2.24) is 16.0 Å². The smallest absolute Gasteiger partial charge is 0.237 e. The van der Waals surface area contributed by atoms with E-state index in [9.17, 15) is 19.5 Å². The Morgan fingerprint density at radius 2 is 1.42 bits per heavy atom. The number of hydrogen-bond donors (Lipinski definition) is 5. The molecule has 1 aromatic carbocycles. The first-order chi connectivity index (χ1) is 24.5. The maximum absolute atomic E-state index is 14.2. The molecule has 0 aromatic heterocycles. The van der Waals surface area contributed by atoms with E-state index in [-0.39, 0.29) is 40.4 Å². The molecule has 2 amide bonds. The van der Waals surface area contributed by atoms with E-state index in [4.69, 9.17) is 4.74 Å². The number of ketones is 1. The average molecular weight is 741 g/mol. The van der Waals surface area contributed by atoms with Gasteiger partial charge >= 0.3 is 0 Å². The van der Waals surface area contributed by atoms with Crippen molar-refractivity contribution < 1.29 is 24.2 Å². The number of Topliss-reactive ketones (excluding diaryl/α,β-unsaturated/α-hetero) is 1. The maximum atomic E-state index is 14.2. The van der Waals surface area contributed by atoms with Crippen molar-refractivity contribution in [3.8, 4) is 0 Å². The SMILES string of the molecule is CC(CCNC(=O)CCC(C)(C)C)OCC(C)(C)C(O)C1(N[C@H](C(=O)N[C@@H](C)C(=O)C2(Nc3ccc(C(C)(C)C)cc3)CCCC2)C(C)C)CCCC1. The molecule has 0 heterocycles. The summed E-state index contributed by atoms with van der Waals surface area (Å²) >= 11 is 0. The average Bonchev–Trinajstić information content (AvgIpc) is 3.75. The number of nitrogens with one attached hydrogen (secondary N) is 4. The van der Waals surface area contributed by atoms with Crippen LogP contribution in [0.25, 0.3) is 0 Å². The second-order valence-electron chi connectivity index (χ2n) is 19.8. The third kappa shape index (κ3) is 12.8. The van der Waals surface area contributed by atoms with Crippen LogP contribution in [0.1, 0.15) is 159 Å². The van der Waals surface area contributed by atoms with Gasteiger partial charge in [0.25, 0.3) is 0 Å². The summed E-state index contributed by atoms with van der Waals surface area (Å²) in [7, 11) is 0. The first-order valence-corrected chi connectivity index (χ1v) is 20.6. The molecule has 3 rings (SSSR count). The molecule has 0 bridgehead atoms. The Kier molecular flexibility index (Phi) is 15.6. The lowest BCUT2D eigenvalue weighted by atomic mass is 9.73. The lowest BCUT2D eigenvalue weighted by Gasteiger charge is -2.46. The molecular formula is C44H76N4O5. The summed E-state index contributed by atoms with van der Waals surface area (Å²) in [5.74, 6) is -0.205. The molecule has 2 saturated carbocycles. The summed E-state index contributed by atoms with van der Waals surface area (Å²) in [6.45, 7) is 25.7. The zero-order valence-corrected chi connectivity index (χ0v) is 35.5. The quantitative estimate of drug-likeness (QED) is 0.0978. The van der Waals surface area contributed by atoms with E-state index in [1.807, 2.05) is 34.6 Å². The summed E-state index contributed by atoms with van der Waals surface area (Å²) in [6.07, 6.45) is 7.98. The van der Waals surface area contributed by atoms with Crippen LogP contribution in [0.5, 0.6) is 0 Å².